The van der Waals surface area contributed by atoms with Crippen LogP contribution in [0.4, 0.5) is 5.82 Å². The summed E-state index contributed by atoms with van der Waals surface area (Å²) >= 11 is 11.8. The molecule has 0 bridgehead atoms. The second-order valence-corrected chi connectivity index (χ2v) is 6.41. The summed E-state index contributed by atoms with van der Waals surface area (Å²) in [6.45, 7) is 0.267. The van der Waals surface area contributed by atoms with Crippen molar-refractivity contribution >= 4 is 34.9 Å². The van der Waals surface area contributed by atoms with Gasteiger partial charge in [-0.05, 0) is 54.1 Å². The maximum atomic E-state index is 12.8. The summed E-state index contributed by atoms with van der Waals surface area (Å²) in [7, 11) is 0. The molecule has 0 saturated carbocycles. The number of pyridine rings is 1. The van der Waals surface area contributed by atoms with Crippen molar-refractivity contribution in [2.75, 3.05) is 11.5 Å². The molecule has 0 saturated heterocycles. The van der Waals surface area contributed by atoms with Crippen molar-refractivity contribution in [1.29, 1.82) is 0 Å². The highest BCUT2D eigenvalue weighted by molar-refractivity contribution is 6.30. The Morgan fingerprint density at radius 1 is 0.923 bits per heavy atom. The lowest BCUT2D eigenvalue weighted by atomic mass is 10.2. The summed E-state index contributed by atoms with van der Waals surface area (Å²) in [6.07, 6.45) is 1.65. The highest BCUT2D eigenvalue weighted by atomic mass is 35.5. The largest absolute Gasteiger partial charge is 0.484 e. The fourth-order valence-corrected chi connectivity index (χ4v) is 2.59. The number of carbonyl (C=O) groups is 1. The molecule has 4 nitrogen and oxygen atoms in total. The molecule has 1 amide bonds. The second-order valence-electron chi connectivity index (χ2n) is 5.54. The van der Waals surface area contributed by atoms with Crippen LogP contribution in [0, 0.1) is 0 Å². The smallest absolute Gasteiger partial charge is 0.266 e. The zero-order chi connectivity index (χ0) is 18.4. The predicted molar refractivity (Wildman–Crippen MR) is 104 cm³/mol. The third-order valence-electron chi connectivity index (χ3n) is 3.66. The number of nitrogens with zero attached hydrogens (tertiary/aromatic N) is 2. The minimum atomic E-state index is -0.200. The van der Waals surface area contributed by atoms with Gasteiger partial charge >= 0.3 is 0 Å². The van der Waals surface area contributed by atoms with E-state index in [1.54, 1.807) is 59.6 Å². The topological polar surface area (TPSA) is 42.4 Å². The Morgan fingerprint density at radius 2 is 1.58 bits per heavy atom. The number of aromatic nitrogens is 1. The Bertz CT molecular complexity index is 853. The number of hydrogen-bond acceptors (Lipinski definition) is 3. The predicted octanol–water partition coefficient (Wildman–Crippen LogP) is 5.00. The van der Waals surface area contributed by atoms with Crippen LogP contribution in [-0.2, 0) is 11.3 Å². The van der Waals surface area contributed by atoms with E-state index in [1.165, 1.54) is 0 Å². The van der Waals surface area contributed by atoms with E-state index in [-0.39, 0.29) is 12.5 Å². The van der Waals surface area contributed by atoms with E-state index in [0.717, 1.165) is 5.56 Å². The first-order chi connectivity index (χ1) is 12.6. The van der Waals surface area contributed by atoms with Gasteiger partial charge in [-0.1, -0.05) is 41.4 Å². The summed E-state index contributed by atoms with van der Waals surface area (Å²) < 4.78 is 5.58. The van der Waals surface area contributed by atoms with Gasteiger partial charge in [0.05, 0.1) is 6.54 Å². The summed E-state index contributed by atoms with van der Waals surface area (Å²) in [5.74, 6) is 0.941. The van der Waals surface area contributed by atoms with Gasteiger partial charge in [0, 0.05) is 16.2 Å². The Balaban J connectivity index is 1.74. The normalized spacial score (nSPS) is 10.4. The Morgan fingerprint density at radius 3 is 2.19 bits per heavy atom. The van der Waals surface area contributed by atoms with Gasteiger partial charge < -0.3 is 4.74 Å². The van der Waals surface area contributed by atoms with Crippen LogP contribution in [-0.4, -0.2) is 17.5 Å². The zero-order valence-electron chi connectivity index (χ0n) is 13.8. The van der Waals surface area contributed by atoms with Crippen LogP contribution in [0.15, 0.2) is 72.9 Å². The second kappa shape index (κ2) is 8.70. The lowest BCUT2D eigenvalue weighted by Gasteiger charge is -2.22. The molecule has 0 fully saturated rings. The van der Waals surface area contributed by atoms with E-state index < -0.39 is 0 Å². The Labute approximate surface area is 162 Å². The number of rotatable bonds is 6. The highest BCUT2D eigenvalue weighted by Gasteiger charge is 2.18. The minimum absolute atomic E-state index is 0.105. The monoisotopic (exact) mass is 386 g/mol. The van der Waals surface area contributed by atoms with Gasteiger partial charge in [-0.15, -0.1) is 0 Å². The van der Waals surface area contributed by atoms with Gasteiger partial charge in [0.2, 0.25) is 0 Å². The van der Waals surface area contributed by atoms with E-state index in [1.807, 2.05) is 18.2 Å². The summed E-state index contributed by atoms with van der Waals surface area (Å²) in [6, 6.07) is 19.7. The third-order valence-corrected chi connectivity index (χ3v) is 4.16. The SMILES string of the molecule is O=C(COc1ccc(Cl)cc1)N(Cc1ccc(Cl)cc1)c1ccccn1. The zero-order valence-corrected chi connectivity index (χ0v) is 15.3. The van der Waals surface area contributed by atoms with Crippen LogP contribution >= 0.6 is 23.2 Å². The molecule has 26 heavy (non-hydrogen) atoms. The van der Waals surface area contributed by atoms with E-state index in [4.69, 9.17) is 27.9 Å². The number of hydrogen-bond donors (Lipinski definition) is 0. The van der Waals surface area contributed by atoms with Gasteiger partial charge in [0.15, 0.2) is 6.61 Å². The standard InChI is InChI=1S/C20H16Cl2N2O2/c21-16-6-4-15(5-7-16)13-24(19-3-1-2-12-23-19)20(25)14-26-18-10-8-17(22)9-11-18/h1-12H,13-14H2. The first-order valence-corrected chi connectivity index (χ1v) is 8.71. The van der Waals surface area contributed by atoms with Crippen molar-refractivity contribution < 1.29 is 9.53 Å². The van der Waals surface area contributed by atoms with Gasteiger partial charge in [-0.3, -0.25) is 9.69 Å². The van der Waals surface area contributed by atoms with Crippen LogP contribution in [0.1, 0.15) is 5.56 Å². The molecular weight excluding hydrogens is 371 g/mol. The number of carbonyl (C=O) groups excluding carboxylic acids is 1. The van der Waals surface area contributed by atoms with Gasteiger partial charge in [-0.25, -0.2) is 4.98 Å². The molecular formula is C20H16Cl2N2O2. The Kier molecular flexibility index (Phi) is 6.10. The molecule has 2 aromatic carbocycles. The van der Waals surface area contributed by atoms with Crippen LogP contribution in [0.3, 0.4) is 0 Å². The van der Waals surface area contributed by atoms with Gasteiger partial charge in [0.25, 0.3) is 5.91 Å². The molecule has 0 aliphatic carbocycles. The van der Waals surface area contributed by atoms with Gasteiger partial charge in [-0.2, -0.15) is 0 Å². The Hall–Kier alpha value is -2.56. The molecule has 0 unspecified atom stereocenters. The van der Waals surface area contributed by atoms with Crippen molar-refractivity contribution in [1.82, 2.24) is 4.98 Å². The summed E-state index contributed by atoms with van der Waals surface area (Å²) in [5, 5.41) is 1.26. The van der Waals surface area contributed by atoms with Gasteiger partial charge in [0.1, 0.15) is 11.6 Å². The average molecular weight is 387 g/mol. The number of amides is 1. The quantitative estimate of drug-likeness (QED) is 0.598. The van der Waals surface area contributed by atoms with Crippen molar-refractivity contribution in [2.45, 2.75) is 6.54 Å². The number of ether oxygens (including phenoxy) is 1. The fourth-order valence-electron chi connectivity index (χ4n) is 2.34. The van der Waals surface area contributed by atoms with E-state index in [9.17, 15) is 4.79 Å². The molecule has 132 valence electrons. The van der Waals surface area contributed by atoms with Crippen molar-refractivity contribution in [2.24, 2.45) is 0 Å². The molecule has 0 N–H and O–H groups in total. The molecule has 3 aromatic rings. The molecule has 1 heterocycles. The van der Waals surface area contributed by atoms with Crippen LogP contribution < -0.4 is 9.64 Å². The van der Waals surface area contributed by atoms with Crippen molar-refractivity contribution in [3.05, 3.63) is 88.5 Å². The maximum Gasteiger partial charge on any atom is 0.266 e. The number of anilines is 1. The lowest BCUT2D eigenvalue weighted by Crippen LogP contribution is -2.35. The summed E-state index contributed by atoms with van der Waals surface area (Å²) in [4.78, 5) is 18.6. The molecule has 3 rings (SSSR count). The van der Waals surface area contributed by atoms with Crippen molar-refractivity contribution in [3.8, 4) is 5.75 Å². The van der Waals surface area contributed by atoms with Crippen LogP contribution in [0.5, 0.6) is 5.75 Å². The van der Waals surface area contributed by atoms with Crippen LogP contribution in [0.2, 0.25) is 10.0 Å². The fraction of sp³-hybridized carbons (Fsp3) is 0.100. The highest BCUT2D eigenvalue weighted by Crippen LogP contribution is 2.18. The van der Waals surface area contributed by atoms with Crippen LogP contribution in [0.25, 0.3) is 0 Å². The molecule has 0 spiro atoms. The molecule has 6 heteroatoms. The number of benzene rings is 2. The average Bonchev–Trinajstić information content (AvgIpc) is 2.67. The minimum Gasteiger partial charge on any atom is -0.484 e. The van der Waals surface area contributed by atoms with E-state index in [0.29, 0.717) is 28.2 Å². The molecule has 0 atom stereocenters. The maximum absolute atomic E-state index is 12.8. The lowest BCUT2D eigenvalue weighted by molar-refractivity contribution is -0.120. The molecule has 0 aliphatic heterocycles. The summed E-state index contributed by atoms with van der Waals surface area (Å²) in [5.41, 5.74) is 0.944. The molecule has 0 radical (unpaired) electrons. The number of halogens is 2. The van der Waals surface area contributed by atoms with E-state index >= 15 is 0 Å². The van der Waals surface area contributed by atoms with Crippen molar-refractivity contribution in [3.63, 3.8) is 0 Å². The first-order valence-electron chi connectivity index (χ1n) is 7.96. The third kappa shape index (κ3) is 4.97. The molecule has 0 aliphatic rings. The molecule has 1 aromatic heterocycles. The van der Waals surface area contributed by atoms with E-state index in [2.05, 4.69) is 4.98 Å². The first kappa shape index (κ1) is 18.2.